The number of fused-ring (bicyclic) bond motifs is 1. The number of amides is 1. The molecule has 2 aromatic rings. The van der Waals surface area contributed by atoms with E-state index in [9.17, 15) is 13.2 Å². The van der Waals surface area contributed by atoms with Crippen molar-refractivity contribution >= 4 is 15.9 Å². The van der Waals surface area contributed by atoms with Crippen LogP contribution in [0.1, 0.15) is 41.2 Å². The summed E-state index contributed by atoms with van der Waals surface area (Å²) in [6.45, 7) is 1.42. The Morgan fingerprint density at radius 3 is 2.76 bits per heavy atom. The van der Waals surface area contributed by atoms with Gasteiger partial charge in [0.15, 0.2) is 0 Å². The van der Waals surface area contributed by atoms with Crippen molar-refractivity contribution in [2.45, 2.75) is 36.3 Å². The Hall–Kier alpha value is -2.42. The van der Waals surface area contributed by atoms with E-state index in [1.54, 1.807) is 12.1 Å². The topological polar surface area (TPSA) is 93.7 Å². The molecule has 1 saturated heterocycles. The maximum atomic E-state index is 12.8. The summed E-state index contributed by atoms with van der Waals surface area (Å²) in [7, 11) is -3.72. The second-order valence-corrected chi connectivity index (χ2v) is 8.98. The van der Waals surface area contributed by atoms with E-state index in [1.165, 1.54) is 12.1 Å². The number of carbonyl (C=O) groups is 1. The van der Waals surface area contributed by atoms with Crippen LogP contribution in [-0.4, -0.2) is 40.2 Å². The summed E-state index contributed by atoms with van der Waals surface area (Å²) in [5.41, 5.74) is 1.23. The third-order valence-corrected chi connectivity index (χ3v) is 6.62. The zero-order valence-electron chi connectivity index (χ0n) is 16.0. The summed E-state index contributed by atoms with van der Waals surface area (Å²) in [5.74, 6) is 0.446. The van der Waals surface area contributed by atoms with Gasteiger partial charge in [0.25, 0.3) is 5.91 Å². The van der Waals surface area contributed by atoms with Gasteiger partial charge >= 0.3 is 0 Å². The van der Waals surface area contributed by atoms with E-state index in [0.717, 1.165) is 24.2 Å². The van der Waals surface area contributed by atoms with Gasteiger partial charge in [-0.25, -0.2) is 13.1 Å². The molecular formula is C21H24N2O5S. The van der Waals surface area contributed by atoms with Gasteiger partial charge in [-0.15, -0.1) is 0 Å². The summed E-state index contributed by atoms with van der Waals surface area (Å²) in [5, 5.41) is 2.99. The van der Waals surface area contributed by atoms with Crippen LogP contribution in [0.15, 0.2) is 53.4 Å². The molecule has 1 amide bonds. The summed E-state index contributed by atoms with van der Waals surface area (Å²) < 4.78 is 38.9. The molecule has 0 radical (unpaired) electrons. The summed E-state index contributed by atoms with van der Waals surface area (Å²) in [4.78, 5) is 12.8. The van der Waals surface area contributed by atoms with Gasteiger partial charge in [0.05, 0.1) is 23.6 Å². The molecule has 2 aromatic carbocycles. The number of carbonyl (C=O) groups excluding carboxylic acids is 1. The first kappa shape index (κ1) is 19.9. The zero-order valence-corrected chi connectivity index (χ0v) is 16.8. The van der Waals surface area contributed by atoms with E-state index in [4.69, 9.17) is 9.47 Å². The monoisotopic (exact) mass is 416 g/mol. The van der Waals surface area contributed by atoms with Crippen LogP contribution in [0.25, 0.3) is 0 Å². The molecule has 2 atom stereocenters. The van der Waals surface area contributed by atoms with Gasteiger partial charge in [0, 0.05) is 30.7 Å². The van der Waals surface area contributed by atoms with Crippen molar-refractivity contribution in [3.63, 3.8) is 0 Å². The van der Waals surface area contributed by atoms with Gasteiger partial charge in [0.1, 0.15) is 5.75 Å². The second kappa shape index (κ2) is 8.52. The average molecular weight is 416 g/mol. The standard InChI is InChI=1S/C21H24N2O5S/c24-21(23-19-10-12-28-20-9-2-1-8-18(19)20)15-5-3-7-17(13-15)29(25,26)22-14-16-6-4-11-27-16/h1-3,5,7-9,13,16,19,22H,4,6,10-12,14H2,(H,23,24)/t16-,19-/m0/s1. The van der Waals surface area contributed by atoms with E-state index >= 15 is 0 Å². The van der Waals surface area contributed by atoms with Crippen molar-refractivity contribution in [1.82, 2.24) is 10.0 Å². The molecule has 0 saturated carbocycles. The highest BCUT2D eigenvalue weighted by Crippen LogP contribution is 2.31. The lowest BCUT2D eigenvalue weighted by atomic mass is 10.00. The first-order valence-corrected chi connectivity index (χ1v) is 11.3. The molecule has 0 bridgehead atoms. The first-order valence-electron chi connectivity index (χ1n) is 9.77. The molecule has 4 rings (SSSR count). The lowest BCUT2D eigenvalue weighted by molar-refractivity contribution is 0.0924. The lowest BCUT2D eigenvalue weighted by Crippen LogP contribution is -2.33. The van der Waals surface area contributed by atoms with Gasteiger partial charge in [0.2, 0.25) is 10.0 Å². The fourth-order valence-corrected chi connectivity index (χ4v) is 4.74. The number of hydrogen-bond acceptors (Lipinski definition) is 5. The summed E-state index contributed by atoms with van der Waals surface area (Å²) in [6, 6.07) is 13.5. The Labute approximate surface area is 170 Å². The molecule has 1 fully saturated rings. The molecular weight excluding hydrogens is 392 g/mol. The van der Waals surface area contributed by atoms with Crippen molar-refractivity contribution in [2.75, 3.05) is 19.8 Å². The van der Waals surface area contributed by atoms with Crippen LogP contribution in [0.3, 0.4) is 0 Å². The molecule has 0 aliphatic carbocycles. The predicted octanol–water partition coefficient (Wildman–Crippen LogP) is 2.40. The number of para-hydroxylation sites is 1. The van der Waals surface area contributed by atoms with Gasteiger partial charge in [-0.3, -0.25) is 4.79 Å². The number of benzene rings is 2. The van der Waals surface area contributed by atoms with Crippen LogP contribution < -0.4 is 14.8 Å². The normalized spacial score (nSPS) is 21.2. The van der Waals surface area contributed by atoms with Crippen molar-refractivity contribution in [1.29, 1.82) is 0 Å². The maximum absolute atomic E-state index is 12.8. The maximum Gasteiger partial charge on any atom is 0.251 e. The Kier molecular flexibility index (Phi) is 5.84. The predicted molar refractivity (Wildman–Crippen MR) is 107 cm³/mol. The largest absolute Gasteiger partial charge is 0.493 e. The minimum atomic E-state index is -3.72. The SMILES string of the molecule is O=C(N[C@H]1CCOc2ccccc21)c1cccc(S(=O)(=O)NC[C@@H]2CCCO2)c1. The van der Waals surface area contributed by atoms with Crippen LogP contribution in [0.5, 0.6) is 5.75 Å². The number of hydrogen-bond donors (Lipinski definition) is 2. The fraction of sp³-hybridized carbons (Fsp3) is 0.381. The molecule has 0 aromatic heterocycles. The molecule has 2 aliphatic heterocycles. The number of nitrogens with one attached hydrogen (secondary N) is 2. The van der Waals surface area contributed by atoms with Gasteiger partial charge < -0.3 is 14.8 Å². The summed E-state index contributed by atoms with van der Waals surface area (Å²) in [6.07, 6.45) is 2.35. The minimum Gasteiger partial charge on any atom is -0.493 e. The number of sulfonamides is 1. The van der Waals surface area contributed by atoms with E-state index in [1.807, 2.05) is 24.3 Å². The Morgan fingerprint density at radius 2 is 1.93 bits per heavy atom. The number of rotatable bonds is 6. The zero-order chi connectivity index (χ0) is 20.3. The van der Waals surface area contributed by atoms with E-state index < -0.39 is 10.0 Å². The van der Waals surface area contributed by atoms with Crippen LogP contribution in [0.2, 0.25) is 0 Å². The molecule has 0 spiro atoms. The lowest BCUT2D eigenvalue weighted by Gasteiger charge is -2.26. The van der Waals surface area contributed by atoms with Gasteiger partial charge in [-0.05, 0) is 37.1 Å². The highest BCUT2D eigenvalue weighted by atomic mass is 32.2. The van der Waals surface area contributed by atoms with Crippen molar-refractivity contribution in [3.8, 4) is 5.75 Å². The Bertz CT molecular complexity index is 986. The Morgan fingerprint density at radius 1 is 1.07 bits per heavy atom. The third kappa shape index (κ3) is 4.60. The smallest absolute Gasteiger partial charge is 0.251 e. The third-order valence-electron chi connectivity index (χ3n) is 5.20. The van der Waals surface area contributed by atoms with E-state index in [2.05, 4.69) is 10.0 Å². The molecule has 2 N–H and O–H groups in total. The molecule has 7 nitrogen and oxygen atoms in total. The fourth-order valence-electron chi connectivity index (χ4n) is 3.63. The van der Waals surface area contributed by atoms with Gasteiger partial charge in [-0.1, -0.05) is 24.3 Å². The molecule has 8 heteroatoms. The average Bonchev–Trinajstić information content (AvgIpc) is 3.26. The second-order valence-electron chi connectivity index (χ2n) is 7.22. The Balaban J connectivity index is 1.46. The molecule has 2 aliphatic rings. The highest BCUT2D eigenvalue weighted by Gasteiger charge is 2.24. The highest BCUT2D eigenvalue weighted by molar-refractivity contribution is 7.89. The van der Waals surface area contributed by atoms with Crippen LogP contribution in [0.4, 0.5) is 0 Å². The van der Waals surface area contributed by atoms with Crippen LogP contribution in [-0.2, 0) is 14.8 Å². The van der Waals surface area contributed by atoms with Crippen LogP contribution in [0, 0.1) is 0 Å². The number of ether oxygens (including phenoxy) is 2. The summed E-state index contributed by atoms with van der Waals surface area (Å²) >= 11 is 0. The molecule has 2 heterocycles. The van der Waals surface area contributed by atoms with Crippen LogP contribution >= 0.6 is 0 Å². The van der Waals surface area contributed by atoms with E-state index in [-0.39, 0.29) is 29.5 Å². The van der Waals surface area contributed by atoms with Crippen molar-refractivity contribution < 1.29 is 22.7 Å². The minimum absolute atomic E-state index is 0.0653. The quantitative estimate of drug-likeness (QED) is 0.754. The first-order chi connectivity index (χ1) is 14.0. The van der Waals surface area contributed by atoms with Gasteiger partial charge in [-0.2, -0.15) is 0 Å². The van der Waals surface area contributed by atoms with Crippen molar-refractivity contribution in [2.24, 2.45) is 0 Å². The van der Waals surface area contributed by atoms with E-state index in [0.29, 0.717) is 25.2 Å². The molecule has 0 unspecified atom stereocenters. The van der Waals surface area contributed by atoms with Crippen molar-refractivity contribution in [3.05, 3.63) is 59.7 Å². The molecule has 154 valence electrons. The molecule has 29 heavy (non-hydrogen) atoms.